The first-order chi connectivity index (χ1) is 14.1. The van der Waals surface area contributed by atoms with Crippen molar-refractivity contribution in [3.05, 3.63) is 47.8 Å². The fourth-order valence-electron chi connectivity index (χ4n) is 4.75. The molecule has 2 aliphatic heterocycles. The van der Waals surface area contributed by atoms with Gasteiger partial charge in [0, 0.05) is 5.56 Å². The zero-order valence-electron chi connectivity index (χ0n) is 16.5. The zero-order valence-corrected chi connectivity index (χ0v) is 16.5. The Kier molecular flexibility index (Phi) is 4.49. The first kappa shape index (κ1) is 18.2. The molecule has 1 N–H and O–H groups in total. The number of benzene rings is 2. The lowest BCUT2D eigenvalue weighted by Gasteiger charge is -2.39. The van der Waals surface area contributed by atoms with E-state index in [0.717, 1.165) is 29.7 Å². The van der Waals surface area contributed by atoms with Gasteiger partial charge in [-0.05, 0) is 55.0 Å². The smallest absolute Gasteiger partial charge is 0.262 e. The number of rotatable bonds is 2. The standard InChI is InChI=1S/C23H24FN3O2/c1-14-23(28)26-25-22-13-29-21-12-18(16-9-5-6-10-19(16)24)17(11-20(21)27(14)22)15-7-3-2-4-8-15/h5-6,9-12,14-15H,2-4,7-8,13H2,1H3,(H,26,28)/t14-/m1/s1. The average Bonchev–Trinajstić information content (AvgIpc) is 2.76. The van der Waals surface area contributed by atoms with E-state index < -0.39 is 0 Å². The minimum Gasteiger partial charge on any atom is -0.483 e. The number of ether oxygens (including phenoxy) is 1. The topological polar surface area (TPSA) is 53.9 Å². The summed E-state index contributed by atoms with van der Waals surface area (Å²) in [5.74, 6) is 1.37. The van der Waals surface area contributed by atoms with Crippen LogP contribution >= 0.6 is 0 Å². The summed E-state index contributed by atoms with van der Waals surface area (Å²) in [4.78, 5) is 14.2. The number of amides is 1. The molecule has 5 nitrogen and oxygen atoms in total. The second-order valence-corrected chi connectivity index (χ2v) is 8.06. The van der Waals surface area contributed by atoms with Gasteiger partial charge in [-0.1, -0.05) is 37.5 Å². The molecule has 0 radical (unpaired) electrons. The first-order valence-electron chi connectivity index (χ1n) is 10.3. The molecule has 150 valence electrons. The molecule has 2 heterocycles. The fraction of sp³-hybridized carbons (Fsp3) is 0.391. The highest BCUT2D eigenvalue weighted by molar-refractivity contribution is 6.09. The van der Waals surface area contributed by atoms with Crippen LogP contribution in [0, 0.1) is 5.82 Å². The number of hydrogen-bond donors (Lipinski definition) is 1. The molecule has 6 heteroatoms. The van der Waals surface area contributed by atoms with E-state index in [1.165, 1.54) is 25.3 Å². The Morgan fingerprint density at radius 1 is 1.14 bits per heavy atom. The third-order valence-electron chi connectivity index (χ3n) is 6.30. The fourth-order valence-corrected chi connectivity index (χ4v) is 4.75. The van der Waals surface area contributed by atoms with Gasteiger partial charge in [0.25, 0.3) is 5.91 Å². The van der Waals surface area contributed by atoms with Crippen molar-refractivity contribution < 1.29 is 13.9 Å². The number of nitrogens with zero attached hydrogens (tertiary/aromatic N) is 2. The molecule has 0 bridgehead atoms. The Balaban J connectivity index is 1.69. The normalized spacial score (nSPS) is 21.6. The van der Waals surface area contributed by atoms with Crippen LogP contribution in [0.3, 0.4) is 0 Å². The van der Waals surface area contributed by atoms with Crippen LogP contribution in [-0.2, 0) is 4.79 Å². The second-order valence-electron chi connectivity index (χ2n) is 8.06. The molecule has 29 heavy (non-hydrogen) atoms. The summed E-state index contributed by atoms with van der Waals surface area (Å²) in [6.07, 6.45) is 5.81. The van der Waals surface area contributed by atoms with Gasteiger partial charge in [-0.2, -0.15) is 5.10 Å². The van der Waals surface area contributed by atoms with Crippen LogP contribution < -0.4 is 15.1 Å². The van der Waals surface area contributed by atoms with E-state index in [4.69, 9.17) is 4.74 Å². The molecule has 0 aromatic heterocycles. The number of fused-ring (bicyclic) bond motifs is 3. The molecule has 0 saturated heterocycles. The number of carbonyl (C=O) groups is 1. The molecular formula is C23H24FN3O2. The van der Waals surface area contributed by atoms with Crippen LogP contribution in [0.5, 0.6) is 5.75 Å². The van der Waals surface area contributed by atoms with Crippen molar-refractivity contribution in [2.75, 3.05) is 11.5 Å². The maximum atomic E-state index is 14.7. The number of carbonyl (C=O) groups excluding carboxylic acids is 1. The van der Waals surface area contributed by atoms with Crippen molar-refractivity contribution in [3.63, 3.8) is 0 Å². The molecule has 1 amide bonds. The van der Waals surface area contributed by atoms with Crippen molar-refractivity contribution in [1.82, 2.24) is 5.43 Å². The summed E-state index contributed by atoms with van der Waals surface area (Å²) in [7, 11) is 0. The number of amidine groups is 1. The lowest BCUT2D eigenvalue weighted by Crippen LogP contribution is -2.55. The molecule has 1 aliphatic carbocycles. The minimum atomic E-state index is -0.372. The summed E-state index contributed by atoms with van der Waals surface area (Å²) in [6.45, 7) is 2.14. The van der Waals surface area contributed by atoms with E-state index in [1.807, 2.05) is 30.0 Å². The molecule has 2 aromatic carbocycles. The summed E-state index contributed by atoms with van der Waals surface area (Å²) in [5.41, 5.74) is 6.04. The molecule has 1 saturated carbocycles. The van der Waals surface area contributed by atoms with Gasteiger partial charge in [-0.25, -0.2) is 9.82 Å². The van der Waals surface area contributed by atoms with Gasteiger partial charge < -0.3 is 9.64 Å². The van der Waals surface area contributed by atoms with Crippen LogP contribution in [0.15, 0.2) is 41.5 Å². The Morgan fingerprint density at radius 3 is 2.72 bits per heavy atom. The van der Waals surface area contributed by atoms with E-state index in [9.17, 15) is 9.18 Å². The number of hydrazone groups is 1. The van der Waals surface area contributed by atoms with E-state index in [0.29, 0.717) is 23.1 Å². The van der Waals surface area contributed by atoms with Gasteiger partial charge in [0.2, 0.25) is 0 Å². The molecule has 0 unspecified atom stereocenters. The molecular weight excluding hydrogens is 369 g/mol. The Labute approximate surface area is 169 Å². The lowest BCUT2D eigenvalue weighted by molar-refractivity contribution is -0.122. The highest BCUT2D eigenvalue weighted by Gasteiger charge is 2.36. The average molecular weight is 393 g/mol. The predicted molar refractivity (Wildman–Crippen MR) is 111 cm³/mol. The summed E-state index contributed by atoms with van der Waals surface area (Å²) in [5, 5.41) is 4.18. The monoisotopic (exact) mass is 393 g/mol. The molecule has 1 atom stereocenters. The van der Waals surface area contributed by atoms with E-state index in [-0.39, 0.29) is 24.4 Å². The predicted octanol–water partition coefficient (Wildman–Crippen LogP) is 4.57. The second kappa shape index (κ2) is 7.17. The van der Waals surface area contributed by atoms with Gasteiger partial charge in [0.15, 0.2) is 5.84 Å². The van der Waals surface area contributed by atoms with Crippen molar-refractivity contribution in [2.24, 2.45) is 5.10 Å². The highest BCUT2D eigenvalue weighted by Crippen LogP contribution is 2.46. The third kappa shape index (κ3) is 3.07. The van der Waals surface area contributed by atoms with E-state index in [2.05, 4.69) is 16.6 Å². The first-order valence-corrected chi connectivity index (χ1v) is 10.3. The van der Waals surface area contributed by atoms with Crippen LogP contribution in [0.25, 0.3) is 11.1 Å². The molecule has 5 rings (SSSR count). The number of halogens is 1. The van der Waals surface area contributed by atoms with E-state index in [1.54, 1.807) is 6.07 Å². The van der Waals surface area contributed by atoms with Crippen molar-refractivity contribution in [3.8, 4) is 16.9 Å². The lowest BCUT2D eigenvalue weighted by atomic mass is 9.80. The highest BCUT2D eigenvalue weighted by atomic mass is 19.1. The molecule has 2 aromatic rings. The van der Waals surface area contributed by atoms with Crippen molar-refractivity contribution >= 4 is 17.4 Å². The van der Waals surface area contributed by atoms with Gasteiger partial charge in [0.1, 0.15) is 24.2 Å². The molecule has 1 fully saturated rings. The molecule has 3 aliphatic rings. The van der Waals surface area contributed by atoms with Gasteiger partial charge >= 0.3 is 0 Å². The summed E-state index contributed by atoms with van der Waals surface area (Å²) >= 11 is 0. The van der Waals surface area contributed by atoms with Crippen LogP contribution in [0.2, 0.25) is 0 Å². The van der Waals surface area contributed by atoms with Crippen LogP contribution in [-0.4, -0.2) is 24.4 Å². The van der Waals surface area contributed by atoms with E-state index >= 15 is 0 Å². The van der Waals surface area contributed by atoms with Crippen LogP contribution in [0.4, 0.5) is 10.1 Å². The Bertz CT molecular complexity index is 998. The summed E-state index contributed by atoms with van der Waals surface area (Å²) in [6, 6.07) is 10.6. The van der Waals surface area contributed by atoms with Crippen molar-refractivity contribution in [2.45, 2.75) is 51.0 Å². The number of nitrogens with one attached hydrogen (secondary N) is 1. The van der Waals surface area contributed by atoms with Gasteiger partial charge in [-0.3, -0.25) is 4.79 Å². The summed E-state index contributed by atoms with van der Waals surface area (Å²) < 4.78 is 20.7. The van der Waals surface area contributed by atoms with Crippen LogP contribution in [0.1, 0.15) is 50.5 Å². The zero-order chi connectivity index (χ0) is 20.0. The Morgan fingerprint density at radius 2 is 1.93 bits per heavy atom. The number of anilines is 1. The number of hydrogen-bond acceptors (Lipinski definition) is 4. The Hall–Kier alpha value is -2.89. The van der Waals surface area contributed by atoms with Gasteiger partial charge in [0.05, 0.1) is 5.69 Å². The van der Waals surface area contributed by atoms with Gasteiger partial charge in [-0.15, -0.1) is 0 Å². The maximum absolute atomic E-state index is 14.7. The van der Waals surface area contributed by atoms with Crippen molar-refractivity contribution in [1.29, 1.82) is 0 Å². The SMILES string of the molecule is C[C@@H]1C(=O)NN=C2COc3cc(-c4ccccc4F)c(C4CCCCC4)cc3N21. The third-order valence-corrected chi connectivity index (χ3v) is 6.30. The quantitative estimate of drug-likeness (QED) is 0.813. The maximum Gasteiger partial charge on any atom is 0.262 e. The largest absolute Gasteiger partial charge is 0.483 e. The molecule has 0 spiro atoms. The minimum absolute atomic E-state index is 0.140.